The number of carbonyl (C=O) groups is 2. The van der Waals surface area contributed by atoms with E-state index in [2.05, 4.69) is 15.6 Å². The van der Waals surface area contributed by atoms with Crippen LogP contribution in [0.3, 0.4) is 0 Å². The first-order valence-electron chi connectivity index (χ1n) is 6.82. The number of hydrogen-bond acceptors (Lipinski definition) is 3. The van der Waals surface area contributed by atoms with Gasteiger partial charge in [-0.25, -0.2) is 4.79 Å². The fourth-order valence-electron chi connectivity index (χ4n) is 1.71. The zero-order chi connectivity index (χ0) is 16.1. The number of aryl methyl sites for hydroxylation is 1. The molecule has 0 fully saturated rings. The van der Waals surface area contributed by atoms with Crippen LogP contribution in [0.4, 0.5) is 10.5 Å². The van der Waals surface area contributed by atoms with Crippen molar-refractivity contribution in [2.45, 2.75) is 19.9 Å². The highest BCUT2D eigenvalue weighted by Gasteiger charge is 2.06. The minimum absolute atomic E-state index is 0.0613. The number of urea groups is 1. The minimum Gasteiger partial charge on any atom is -0.336 e. The summed E-state index contributed by atoms with van der Waals surface area (Å²) >= 11 is 1.40. The van der Waals surface area contributed by atoms with Crippen LogP contribution >= 0.6 is 11.3 Å². The van der Waals surface area contributed by atoms with E-state index in [1.54, 1.807) is 28.8 Å². The molecule has 0 saturated heterocycles. The summed E-state index contributed by atoms with van der Waals surface area (Å²) in [6.45, 7) is 3.76. The molecule has 0 saturated carbocycles. The summed E-state index contributed by atoms with van der Waals surface area (Å²) in [5.74, 6) is -0.309. The Hall–Kier alpha value is -2.41. The maximum absolute atomic E-state index is 12.1. The second-order valence-electron chi connectivity index (χ2n) is 5.04. The van der Waals surface area contributed by atoms with Crippen LogP contribution < -0.4 is 15.4 Å². The molecular formula is C15H18N4O2S. The molecule has 7 heteroatoms. The number of rotatable bonds is 3. The maximum Gasteiger partial charge on any atom is 0.319 e. The molecule has 116 valence electrons. The summed E-state index contributed by atoms with van der Waals surface area (Å²) < 4.78 is 1.79. The van der Waals surface area contributed by atoms with Gasteiger partial charge in [0.2, 0.25) is 0 Å². The highest BCUT2D eigenvalue weighted by Crippen LogP contribution is 2.10. The lowest BCUT2D eigenvalue weighted by atomic mass is 10.2. The van der Waals surface area contributed by atoms with Crippen molar-refractivity contribution in [3.63, 3.8) is 0 Å². The molecule has 0 aliphatic heterocycles. The first kappa shape index (κ1) is 16.0. The van der Waals surface area contributed by atoms with Crippen molar-refractivity contribution in [3.05, 3.63) is 46.2 Å². The molecule has 0 bridgehead atoms. The Labute approximate surface area is 132 Å². The summed E-state index contributed by atoms with van der Waals surface area (Å²) in [5.41, 5.74) is 1.10. The summed E-state index contributed by atoms with van der Waals surface area (Å²) in [5, 5.41) is 7.30. The third-order valence-electron chi connectivity index (χ3n) is 2.77. The Bertz CT molecular complexity index is 729. The quantitative estimate of drug-likeness (QED) is 0.911. The van der Waals surface area contributed by atoms with Crippen molar-refractivity contribution in [2.75, 3.05) is 5.32 Å². The number of nitrogens with one attached hydrogen (secondary N) is 2. The number of amides is 3. The van der Waals surface area contributed by atoms with Gasteiger partial charge >= 0.3 is 6.03 Å². The lowest BCUT2D eigenvalue weighted by molar-refractivity contribution is 0.0998. The normalized spacial score (nSPS) is 11.5. The average Bonchev–Trinajstić information content (AvgIpc) is 2.84. The molecule has 0 unspecified atom stereocenters. The van der Waals surface area contributed by atoms with Crippen LogP contribution in [0.1, 0.15) is 24.2 Å². The van der Waals surface area contributed by atoms with Gasteiger partial charge in [0.25, 0.3) is 5.91 Å². The van der Waals surface area contributed by atoms with Crippen LogP contribution in [-0.4, -0.2) is 22.5 Å². The SMILES string of the molecule is CC(C)NC(=O)Nc1ccc(C(=O)N=c2sccn2C)cc1. The van der Waals surface area contributed by atoms with Crippen LogP contribution in [-0.2, 0) is 7.05 Å². The second kappa shape index (κ2) is 7.04. The van der Waals surface area contributed by atoms with Gasteiger partial charge in [0.05, 0.1) is 0 Å². The first-order chi connectivity index (χ1) is 10.5. The molecule has 0 atom stereocenters. The molecule has 0 aliphatic carbocycles. The molecule has 2 rings (SSSR count). The van der Waals surface area contributed by atoms with Gasteiger partial charge < -0.3 is 15.2 Å². The zero-order valence-electron chi connectivity index (χ0n) is 12.7. The van der Waals surface area contributed by atoms with Crippen LogP contribution in [0.25, 0.3) is 0 Å². The van der Waals surface area contributed by atoms with Gasteiger partial charge in [-0.3, -0.25) is 4.79 Å². The van der Waals surface area contributed by atoms with E-state index in [0.29, 0.717) is 16.1 Å². The summed E-state index contributed by atoms with van der Waals surface area (Å²) in [7, 11) is 1.84. The number of thiazole rings is 1. The van der Waals surface area contributed by atoms with E-state index >= 15 is 0 Å². The van der Waals surface area contributed by atoms with E-state index in [9.17, 15) is 9.59 Å². The van der Waals surface area contributed by atoms with E-state index in [-0.39, 0.29) is 18.0 Å². The molecule has 3 amide bonds. The minimum atomic E-state index is -0.309. The second-order valence-corrected chi connectivity index (χ2v) is 5.92. The Morgan fingerprint density at radius 1 is 1.23 bits per heavy atom. The molecule has 1 aromatic carbocycles. The average molecular weight is 318 g/mol. The number of hydrogen-bond donors (Lipinski definition) is 2. The van der Waals surface area contributed by atoms with Crippen molar-refractivity contribution >= 4 is 29.0 Å². The smallest absolute Gasteiger partial charge is 0.319 e. The number of carbonyl (C=O) groups excluding carboxylic acids is 2. The van der Waals surface area contributed by atoms with Gasteiger partial charge in [0, 0.05) is 35.9 Å². The molecule has 2 aromatic rings. The standard InChI is InChI=1S/C15H18N4O2S/c1-10(2)16-14(21)17-12-6-4-11(5-7-12)13(20)18-15-19(3)8-9-22-15/h4-10H,1-3H3,(H2,16,17,21). The van der Waals surface area contributed by atoms with E-state index in [4.69, 9.17) is 0 Å². The van der Waals surface area contributed by atoms with Crippen molar-refractivity contribution in [2.24, 2.45) is 12.0 Å². The van der Waals surface area contributed by atoms with Crippen LogP contribution in [0.2, 0.25) is 0 Å². The van der Waals surface area contributed by atoms with Crippen LogP contribution in [0.5, 0.6) is 0 Å². The summed E-state index contributed by atoms with van der Waals surface area (Å²) in [4.78, 5) is 28.4. The molecule has 0 aliphatic rings. The lowest BCUT2D eigenvalue weighted by Crippen LogP contribution is -2.34. The molecule has 0 radical (unpaired) electrons. The number of nitrogens with zero attached hydrogens (tertiary/aromatic N) is 2. The maximum atomic E-state index is 12.1. The predicted molar refractivity (Wildman–Crippen MR) is 86.9 cm³/mol. The highest BCUT2D eigenvalue weighted by atomic mass is 32.1. The van der Waals surface area contributed by atoms with Gasteiger partial charge in [0.15, 0.2) is 4.80 Å². The topological polar surface area (TPSA) is 75.5 Å². The van der Waals surface area contributed by atoms with E-state index < -0.39 is 0 Å². The van der Waals surface area contributed by atoms with E-state index in [1.807, 2.05) is 32.5 Å². The highest BCUT2D eigenvalue weighted by molar-refractivity contribution is 7.07. The van der Waals surface area contributed by atoms with Gasteiger partial charge in [-0.05, 0) is 38.1 Å². The Balaban J connectivity index is 2.07. The lowest BCUT2D eigenvalue weighted by Gasteiger charge is -2.10. The fourth-order valence-corrected chi connectivity index (χ4v) is 2.44. The van der Waals surface area contributed by atoms with Gasteiger partial charge in [-0.15, -0.1) is 11.3 Å². The van der Waals surface area contributed by atoms with Gasteiger partial charge in [-0.1, -0.05) is 0 Å². The van der Waals surface area contributed by atoms with Crippen molar-refractivity contribution in [1.82, 2.24) is 9.88 Å². The number of benzene rings is 1. The fraction of sp³-hybridized carbons (Fsp3) is 0.267. The summed E-state index contributed by atoms with van der Waals surface area (Å²) in [6, 6.07) is 6.43. The molecular weight excluding hydrogens is 300 g/mol. The number of aromatic nitrogens is 1. The van der Waals surface area contributed by atoms with Crippen LogP contribution in [0.15, 0.2) is 40.8 Å². The van der Waals surface area contributed by atoms with E-state index in [1.165, 1.54) is 11.3 Å². The molecule has 1 heterocycles. The van der Waals surface area contributed by atoms with Crippen molar-refractivity contribution in [3.8, 4) is 0 Å². The predicted octanol–water partition coefficient (Wildman–Crippen LogP) is 2.36. The van der Waals surface area contributed by atoms with Gasteiger partial charge in [-0.2, -0.15) is 4.99 Å². The summed E-state index contributed by atoms with van der Waals surface area (Å²) in [6.07, 6.45) is 1.84. The first-order valence-corrected chi connectivity index (χ1v) is 7.70. The van der Waals surface area contributed by atoms with Crippen molar-refractivity contribution < 1.29 is 9.59 Å². The number of anilines is 1. The molecule has 0 spiro atoms. The Morgan fingerprint density at radius 2 is 1.91 bits per heavy atom. The molecule has 22 heavy (non-hydrogen) atoms. The Morgan fingerprint density at radius 3 is 2.45 bits per heavy atom. The third kappa shape index (κ3) is 4.29. The van der Waals surface area contributed by atoms with E-state index in [0.717, 1.165) is 0 Å². The molecule has 1 aromatic heterocycles. The third-order valence-corrected chi connectivity index (χ3v) is 3.61. The Kier molecular flexibility index (Phi) is 5.11. The van der Waals surface area contributed by atoms with Gasteiger partial charge in [0.1, 0.15) is 0 Å². The zero-order valence-corrected chi connectivity index (χ0v) is 13.5. The van der Waals surface area contributed by atoms with Crippen molar-refractivity contribution in [1.29, 1.82) is 0 Å². The monoisotopic (exact) mass is 318 g/mol. The molecule has 2 N–H and O–H groups in total. The molecule has 6 nitrogen and oxygen atoms in total. The largest absolute Gasteiger partial charge is 0.336 e. The van der Waals surface area contributed by atoms with Crippen LogP contribution in [0, 0.1) is 0 Å².